The van der Waals surface area contributed by atoms with Gasteiger partial charge in [-0.3, -0.25) is 4.90 Å². The molecule has 1 atom stereocenters. The van der Waals surface area contributed by atoms with Gasteiger partial charge in [0.1, 0.15) is 4.90 Å². The average molecular weight is 311 g/mol. The lowest BCUT2D eigenvalue weighted by atomic mass is 10.2. The number of piperazine rings is 1. The summed E-state index contributed by atoms with van der Waals surface area (Å²) >= 11 is 0. The Bertz CT molecular complexity index is 589. The van der Waals surface area contributed by atoms with Crippen molar-refractivity contribution in [1.82, 2.24) is 19.2 Å². The minimum atomic E-state index is -3.48. The fourth-order valence-corrected chi connectivity index (χ4v) is 4.39. The third-order valence-corrected chi connectivity index (χ3v) is 5.97. The summed E-state index contributed by atoms with van der Waals surface area (Å²) in [4.78, 5) is 10.7. The second-order valence-corrected chi connectivity index (χ2v) is 7.41. The van der Waals surface area contributed by atoms with Gasteiger partial charge in [-0.1, -0.05) is 0 Å². The summed E-state index contributed by atoms with van der Waals surface area (Å²) in [5.74, 6) is 0.456. The SMILES string of the molecule is CCNc1ncc(S(=O)(=O)N2CCN3CCCC3C2)cn1. The van der Waals surface area contributed by atoms with Crippen LogP contribution in [0.5, 0.6) is 0 Å². The van der Waals surface area contributed by atoms with Crippen molar-refractivity contribution in [2.75, 3.05) is 38.0 Å². The zero-order valence-corrected chi connectivity index (χ0v) is 13.0. The van der Waals surface area contributed by atoms with Crippen molar-refractivity contribution in [3.63, 3.8) is 0 Å². The van der Waals surface area contributed by atoms with Crippen LogP contribution < -0.4 is 5.32 Å². The van der Waals surface area contributed by atoms with Crippen molar-refractivity contribution in [2.45, 2.75) is 30.7 Å². The number of nitrogens with zero attached hydrogens (tertiary/aromatic N) is 4. The third-order valence-electron chi connectivity index (χ3n) is 4.15. The number of aromatic nitrogens is 2. The highest BCUT2D eigenvalue weighted by atomic mass is 32.2. The Kier molecular flexibility index (Phi) is 4.10. The molecule has 2 aliphatic rings. The lowest BCUT2D eigenvalue weighted by Crippen LogP contribution is -2.51. The molecular weight excluding hydrogens is 290 g/mol. The molecule has 2 fully saturated rings. The molecule has 1 N–H and O–H groups in total. The summed E-state index contributed by atoms with van der Waals surface area (Å²) in [6, 6.07) is 0.371. The lowest BCUT2D eigenvalue weighted by molar-refractivity contribution is 0.158. The van der Waals surface area contributed by atoms with Crippen LogP contribution in [0.1, 0.15) is 19.8 Å². The van der Waals surface area contributed by atoms with E-state index in [0.717, 1.165) is 19.5 Å². The van der Waals surface area contributed by atoms with Crippen molar-refractivity contribution < 1.29 is 8.42 Å². The Morgan fingerprint density at radius 1 is 1.29 bits per heavy atom. The first-order valence-corrected chi connectivity index (χ1v) is 8.85. The Hall–Kier alpha value is -1.25. The summed E-state index contributed by atoms with van der Waals surface area (Å²) in [7, 11) is -3.48. The van der Waals surface area contributed by atoms with Gasteiger partial charge in [-0.15, -0.1) is 0 Å². The Labute approximate surface area is 125 Å². The maximum Gasteiger partial charge on any atom is 0.246 e. The van der Waals surface area contributed by atoms with Crippen LogP contribution in [0.15, 0.2) is 17.3 Å². The van der Waals surface area contributed by atoms with Crippen LogP contribution in [0, 0.1) is 0 Å². The highest BCUT2D eigenvalue weighted by Crippen LogP contribution is 2.25. The standard InChI is InChI=1S/C13H21N5O2S/c1-2-14-13-15-8-12(9-16-13)21(19,20)18-7-6-17-5-3-4-11(17)10-18/h8-9,11H,2-7,10H2,1H3,(H,14,15,16). The van der Waals surface area contributed by atoms with E-state index >= 15 is 0 Å². The van der Waals surface area contributed by atoms with Crippen molar-refractivity contribution in [1.29, 1.82) is 0 Å². The summed E-state index contributed by atoms with van der Waals surface area (Å²) in [6.45, 7) is 5.69. The molecule has 8 heteroatoms. The highest BCUT2D eigenvalue weighted by molar-refractivity contribution is 7.89. The monoisotopic (exact) mass is 311 g/mol. The third kappa shape index (κ3) is 2.88. The normalized spacial score (nSPS) is 24.0. The van der Waals surface area contributed by atoms with Crippen molar-refractivity contribution >= 4 is 16.0 Å². The van der Waals surface area contributed by atoms with E-state index in [4.69, 9.17) is 0 Å². The summed E-state index contributed by atoms with van der Waals surface area (Å²) in [6.07, 6.45) is 5.03. The first-order chi connectivity index (χ1) is 10.1. The molecule has 2 saturated heterocycles. The first-order valence-electron chi connectivity index (χ1n) is 7.41. The van der Waals surface area contributed by atoms with E-state index in [1.807, 2.05) is 6.92 Å². The van der Waals surface area contributed by atoms with Crippen LogP contribution in [-0.4, -0.2) is 66.4 Å². The molecule has 2 aliphatic heterocycles. The molecule has 0 aliphatic carbocycles. The van der Waals surface area contributed by atoms with Gasteiger partial charge in [-0.2, -0.15) is 4.31 Å². The quantitative estimate of drug-likeness (QED) is 0.866. The number of hydrogen-bond donors (Lipinski definition) is 1. The van der Waals surface area contributed by atoms with Crippen LogP contribution in [-0.2, 0) is 10.0 Å². The van der Waals surface area contributed by atoms with E-state index in [0.29, 0.717) is 31.6 Å². The smallest absolute Gasteiger partial charge is 0.246 e. The topological polar surface area (TPSA) is 78.4 Å². The van der Waals surface area contributed by atoms with Gasteiger partial charge < -0.3 is 5.32 Å². The van der Waals surface area contributed by atoms with Crippen molar-refractivity contribution in [2.24, 2.45) is 0 Å². The summed E-state index contributed by atoms with van der Waals surface area (Å²) < 4.78 is 26.9. The molecule has 0 aromatic carbocycles. The van der Waals surface area contributed by atoms with E-state index in [-0.39, 0.29) is 4.90 Å². The Morgan fingerprint density at radius 3 is 2.76 bits per heavy atom. The van der Waals surface area contributed by atoms with Crippen LogP contribution in [0.25, 0.3) is 0 Å². The van der Waals surface area contributed by atoms with Crippen LogP contribution in [0.3, 0.4) is 0 Å². The van der Waals surface area contributed by atoms with Crippen molar-refractivity contribution in [3.8, 4) is 0 Å². The van der Waals surface area contributed by atoms with E-state index in [9.17, 15) is 8.42 Å². The summed E-state index contributed by atoms with van der Waals surface area (Å²) in [5.41, 5.74) is 0. The molecule has 1 aromatic rings. The molecule has 1 aromatic heterocycles. The predicted octanol–water partition coefficient (Wildman–Crippen LogP) is 0.377. The minimum absolute atomic E-state index is 0.176. The van der Waals surface area contributed by atoms with Crippen molar-refractivity contribution in [3.05, 3.63) is 12.4 Å². The number of nitrogens with one attached hydrogen (secondary N) is 1. The van der Waals surface area contributed by atoms with E-state index < -0.39 is 10.0 Å². The fourth-order valence-electron chi connectivity index (χ4n) is 3.03. The second kappa shape index (κ2) is 5.86. The molecule has 0 amide bonds. The molecular formula is C13H21N5O2S. The fraction of sp³-hybridized carbons (Fsp3) is 0.692. The van der Waals surface area contributed by atoms with Gasteiger partial charge in [0.15, 0.2) is 0 Å². The molecule has 116 valence electrons. The molecule has 0 radical (unpaired) electrons. The maximum atomic E-state index is 12.7. The Morgan fingerprint density at radius 2 is 2.05 bits per heavy atom. The zero-order chi connectivity index (χ0) is 14.9. The molecule has 0 bridgehead atoms. The molecule has 1 unspecified atom stereocenters. The summed E-state index contributed by atoms with van der Waals surface area (Å²) in [5, 5.41) is 2.96. The first kappa shape index (κ1) is 14.7. The number of hydrogen-bond acceptors (Lipinski definition) is 6. The number of anilines is 1. The molecule has 3 heterocycles. The van der Waals surface area contributed by atoms with Gasteiger partial charge in [0.2, 0.25) is 16.0 Å². The molecule has 21 heavy (non-hydrogen) atoms. The van der Waals surface area contributed by atoms with Crippen LogP contribution in [0.2, 0.25) is 0 Å². The van der Waals surface area contributed by atoms with Crippen LogP contribution >= 0.6 is 0 Å². The highest BCUT2D eigenvalue weighted by Gasteiger charge is 2.36. The molecule has 3 rings (SSSR count). The van der Waals surface area contributed by atoms with E-state index in [2.05, 4.69) is 20.2 Å². The van der Waals surface area contributed by atoms with Gasteiger partial charge >= 0.3 is 0 Å². The van der Waals surface area contributed by atoms with Crippen LogP contribution in [0.4, 0.5) is 5.95 Å². The van der Waals surface area contributed by atoms with E-state index in [1.54, 1.807) is 4.31 Å². The molecule has 0 spiro atoms. The zero-order valence-electron chi connectivity index (χ0n) is 12.2. The van der Waals surface area contributed by atoms with Gasteiger partial charge in [0.05, 0.1) is 12.4 Å². The Balaban J connectivity index is 1.76. The van der Waals surface area contributed by atoms with Gasteiger partial charge in [0, 0.05) is 32.2 Å². The minimum Gasteiger partial charge on any atom is -0.355 e. The second-order valence-electron chi connectivity index (χ2n) is 5.47. The van der Waals surface area contributed by atoms with Gasteiger partial charge in [0.25, 0.3) is 0 Å². The molecule has 0 saturated carbocycles. The number of rotatable bonds is 4. The van der Waals surface area contributed by atoms with Gasteiger partial charge in [-0.05, 0) is 26.3 Å². The van der Waals surface area contributed by atoms with Gasteiger partial charge in [-0.25, -0.2) is 18.4 Å². The number of fused-ring (bicyclic) bond motifs is 1. The maximum absolute atomic E-state index is 12.7. The average Bonchev–Trinajstić information content (AvgIpc) is 2.95. The molecule has 7 nitrogen and oxygen atoms in total. The predicted molar refractivity (Wildman–Crippen MR) is 79.5 cm³/mol. The lowest BCUT2D eigenvalue weighted by Gasteiger charge is -2.36. The van der Waals surface area contributed by atoms with E-state index in [1.165, 1.54) is 18.8 Å². The number of sulfonamides is 1. The largest absolute Gasteiger partial charge is 0.355 e.